The van der Waals surface area contributed by atoms with Crippen LogP contribution in [0.3, 0.4) is 0 Å². The molecular formula is C23H14Cl3N2O2-. The molecule has 7 heteroatoms. The van der Waals surface area contributed by atoms with Gasteiger partial charge in [-0.2, -0.15) is 0 Å². The molecular weight excluding hydrogens is 443 g/mol. The number of amides is 2. The van der Waals surface area contributed by atoms with Gasteiger partial charge in [0.1, 0.15) is 0 Å². The van der Waals surface area contributed by atoms with E-state index >= 15 is 0 Å². The topological polar surface area (TPSA) is 64.2 Å². The van der Waals surface area contributed by atoms with Gasteiger partial charge in [0, 0.05) is 27.0 Å². The lowest BCUT2D eigenvalue weighted by Gasteiger charge is -2.15. The molecule has 0 saturated heterocycles. The zero-order valence-electron chi connectivity index (χ0n) is 15.4. The van der Waals surface area contributed by atoms with Crippen LogP contribution < -0.4 is 15.7 Å². The summed E-state index contributed by atoms with van der Waals surface area (Å²) in [6, 6.07) is 20.2. The summed E-state index contributed by atoms with van der Waals surface area (Å²) in [7, 11) is 0. The molecule has 0 aromatic heterocycles. The van der Waals surface area contributed by atoms with Gasteiger partial charge in [-0.25, -0.2) is 4.79 Å². The first-order valence-corrected chi connectivity index (χ1v) is 10.1. The number of carbonyl (C=O) groups excluding carboxylic acids is 1. The van der Waals surface area contributed by atoms with Crippen LogP contribution in [-0.4, -0.2) is 6.03 Å². The quantitative estimate of drug-likeness (QED) is 0.343. The summed E-state index contributed by atoms with van der Waals surface area (Å²) in [5.41, 5.74) is 2.61. The van der Waals surface area contributed by atoms with Crippen LogP contribution in [0.5, 0.6) is 5.75 Å². The van der Waals surface area contributed by atoms with Gasteiger partial charge >= 0.3 is 6.03 Å². The molecule has 2 amide bonds. The Morgan fingerprint density at radius 3 is 2.33 bits per heavy atom. The molecule has 0 aliphatic carbocycles. The van der Waals surface area contributed by atoms with Gasteiger partial charge in [0.15, 0.2) is 0 Å². The van der Waals surface area contributed by atoms with Crippen LogP contribution >= 0.6 is 34.8 Å². The number of benzene rings is 4. The highest BCUT2D eigenvalue weighted by atomic mass is 35.5. The Balaban J connectivity index is 1.62. The van der Waals surface area contributed by atoms with Gasteiger partial charge in [0.2, 0.25) is 0 Å². The summed E-state index contributed by atoms with van der Waals surface area (Å²) in [4.78, 5) is 12.6. The third kappa shape index (κ3) is 4.17. The summed E-state index contributed by atoms with van der Waals surface area (Å²) in [5, 5.41) is 19.7. The lowest BCUT2D eigenvalue weighted by atomic mass is 10.1. The lowest BCUT2D eigenvalue weighted by molar-refractivity contribution is -0.268. The molecule has 0 atom stereocenters. The number of anilines is 2. The van der Waals surface area contributed by atoms with Crippen molar-refractivity contribution in [3.05, 3.63) is 87.9 Å². The molecule has 4 aromatic rings. The largest absolute Gasteiger partial charge is 0.872 e. The Labute approximate surface area is 188 Å². The van der Waals surface area contributed by atoms with Crippen molar-refractivity contribution in [1.29, 1.82) is 0 Å². The number of hydrogen-bond acceptors (Lipinski definition) is 2. The fourth-order valence-electron chi connectivity index (χ4n) is 3.19. The molecule has 4 aromatic carbocycles. The number of halogens is 3. The van der Waals surface area contributed by atoms with E-state index in [0.717, 1.165) is 11.1 Å². The molecule has 0 spiro atoms. The number of nitrogens with one attached hydrogen (secondary N) is 2. The van der Waals surface area contributed by atoms with Crippen molar-refractivity contribution in [2.75, 3.05) is 10.6 Å². The van der Waals surface area contributed by atoms with Crippen LogP contribution in [0.1, 0.15) is 0 Å². The van der Waals surface area contributed by atoms with Gasteiger partial charge < -0.3 is 15.7 Å². The monoisotopic (exact) mass is 455 g/mol. The minimum Gasteiger partial charge on any atom is -0.872 e. The Morgan fingerprint density at radius 2 is 1.53 bits per heavy atom. The first-order chi connectivity index (χ1) is 14.4. The minimum atomic E-state index is -0.506. The van der Waals surface area contributed by atoms with E-state index in [4.69, 9.17) is 34.8 Å². The predicted molar refractivity (Wildman–Crippen MR) is 123 cm³/mol. The molecule has 4 nitrogen and oxygen atoms in total. The second kappa shape index (κ2) is 8.44. The first kappa shape index (κ1) is 20.4. The Hall–Kier alpha value is -2.92. The maximum atomic E-state index is 12.6. The predicted octanol–water partition coefficient (Wildman–Crippen LogP) is 7.18. The van der Waals surface area contributed by atoms with E-state index < -0.39 is 6.03 Å². The summed E-state index contributed by atoms with van der Waals surface area (Å²) in [5.74, 6) is -0.211. The molecule has 0 aliphatic rings. The second-order valence-corrected chi connectivity index (χ2v) is 7.78. The van der Waals surface area contributed by atoms with Crippen molar-refractivity contribution >= 4 is 63.0 Å². The third-order valence-corrected chi connectivity index (χ3v) is 5.49. The van der Waals surface area contributed by atoms with Crippen molar-refractivity contribution in [3.8, 4) is 16.9 Å². The highest BCUT2D eigenvalue weighted by molar-refractivity contribution is 6.41. The molecule has 0 unspecified atom stereocenters. The van der Waals surface area contributed by atoms with Crippen LogP contribution in [0.15, 0.2) is 72.8 Å². The maximum absolute atomic E-state index is 12.6. The average molecular weight is 457 g/mol. The van der Waals surface area contributed by atoms with Crippen LogP contribution in [0.25, 0.3) is 21.9 Å². The highest BCUT2D eigenvalue weighted by Gasteiger charge is 2.13. The smallest absolute Gasteiger partial charge is 0.323 e. The van der Waals surface area contributed by atoms with Gasteiger partial charge in [-0.1, -0.05) is 83.3 Å². The molecule has 0 saturated carbocycles. The number of hydrogen-bond donors (Lipinski definition) is 2. The molecule has 0 aliphatic heterocycles. The number of fused-ring (bicyclic) bond motifs is 1. The van der Waals surface area contributed by atoms with Gasteiger partial charge in [0.05, 0.1) is 15.7 Å². The molecule has 4 rings (SSSR count). The summed E-state index contributed by atoms with van der Waals surface area (Å²) < 4.78 is 0. The fourth-order valence-corrected chi connectivity index (χ4v) is 4.02. The Morgan fingerprint density at radius 1 is 0.733 bits per heavy atom. The number of carbonyl (C=O) groups is 1. The van der Waals surface area contributed by atoms with E-state index in [1.165, 1.54) is 18.2 Å². The highest BCUT2D eigenvalue weighted by Crippen LogP contribution is 2.38. The van der Waals surface area contributed by atoms with E-state index in [1.54, 1.807) is 12.1 Å². The van der Waals surface area contributed by atoms with Crippen molar-refractivity contribution in [2.24, 2.45) is 0 Å². The zero-order valence-corrected chi connectivity index (χ0v) is 17.6. The fraction of sp³-hybridized carbons (Fsp3) is 0. The molecule has 0 fully saturated rings. The minimum absolute atomic E-state index is 0.211. The zero-order chi connectivity index (χ0) is 21.3. The molecule has 0 heterocycles. The van der Waals surface area contributed by atoms with Crippen molar-refractivity contribution in [2.45, 2.75) is 0 Å². The average Bonchev–Trinajstić information content (AvgIpc) is 2.71. The van der Waals surface area contributed by atoms with E-state index in [9.17, 15) is 9.90 Å². The molecule has 0 radical (unpaired) electrons. The summed E-state index contributed by atoms with van der Waals surface area (Å²) >= 11 is 18.8. The van der Waals surface area contributed by atoms with Crippen LogP contribution in [0.4, 0.5) is 16.2 Å². The van der Waals surface area contributed by atoms with E-state index in [1.807, 2.05) is 42.5 Å². The first-order valence-electron chi connectivity index (χ1n) is 8.94. The molecule has 2 N–H and O–H groups in total. The van der Waals surface area contributed by atoms with Gasteiger partial charge in [-0.3, -0.25) is 0 Å². The summed E-state index contributed by atoms with van der Waals surface area (Å²) in [6.07, 6.45) is 0. The second-order valence-electron chi connectivity index (χ2n) is 6.56. The van der Waals surface area contributed by atoms with Crippen molar-refractivity contribution < 1.29 is 9.90 Å². The number of rotatable bonds is 3. The lowest BCUT2D eigenvalue weighted by Crippen LogP contribution is -2.20. The Bertz CT molecular complexity index is 1270. The number of urea groups is 1. The van der Waals surface area contributed by atoms with Crippen LogP contribution in [0, 0.1) is 0 Å². The van der Waals surface area contributed by atoms with Gasteiger partial charge in [-0.05, 0) is 29.8 Å². The van der Waals surface area contributed by atoms with Crippen LogP contribution in [0.2, 0.25) is 15.1 Å². The van der Waals surface area contributed by atoms with E-state index in [0.29, 0.717) is 32.2 Å². The third-order valence-electron chi connectivity index (χ3n) is 4.55. The Kier molecular flexibility index (Phi) is 5.73. The van der Waals surface area contributed by atoms with E-state index in [-0.39, 0.29) is 10.8 Å². The van der Waals surface area contributed by atoms with E-state index in [2.05, 4.69) is 10.6 Å². The molecule has 150 valence electrons. The van der Waals surface area contributed by atoms with Crippen molar-refractivity contribution in [1.82, 2.24) is 0 Å². The van der Waals surface area contributed by atoms with Gasteiger partial charge in [-0.15, -0.1) is 5.75 Å². The SMILES string of the molecule is O=C(Nc1cccc(-c2ccccc2Cl)c1)Nc1c(Cl)cc(Cl)c2ccc([O-])cc12. The van der Waals surface area contributed by atoms with Crippen molar-refractivity contribution in [3.63, 3.8) is 0 Å². The van der Waals surface area contributed by atoms with Crippen LogP contribution in [-0.2, 0) is 0 Å². The standard InChI is InChI=1S/C23H15Cl3N2O2/c24-19-7-2-1-6-16(19)13-4-3-5-14(10-13)27-23(30)28-22-18-11-15(29)8-9-17(18)20(25)12-21(22)26/h1-12,29H,(H2,27,28,30)/p-1. The normalized spacial score (nSPS) is 10.8. The van der Waals surface area contributed by atoms with Gasteiger partial charge in [0.25, 0.3) is 0 Å². The molecule has 30 heavy (non-hydrogen) atoms. The maximum Gasteiger partial charge on any atom is 0.323 e. The summed E-state index contributed by atoms with van der Waals surface area (Å²) in [6.45, 7) is 0. The molecule has 0 bridgehead atoms.